The van der Waals surface area contributed by atoms with Crippen LogP contribution in [-0.2, 0) is 6.54 Å². The summed E-state index contributed by atoms with van der Waals surface area (Å²) >= 11 is 0. The van der Waals surface area contributed by atoms with Crippen molar-refractivity contribution in [3.63, 3.8) is 0 Å². The Balaban J connectivity index is 2.27. The van der Waals surface area contributed by atoms with E-state index in [1.165, 1.54) is 12.1 Å². The maximum Gasteiger partial charge on any atom is 0.131 e. The molecule has 0 aliphatic heterocycles. The smallest absolute Gasteiger partial charge is 0.131 e. The van der Waals surface area contributed by atoms with Gasteiger partial charge in [-0.2, -0.15) is 0 Å². The van der Waals surface area contributed by atoms with Crippen LogP contribution in [0.3, 0.4) is 0 Å². The minimum atomic E-state index is -0.317. The highest BCUT2D eigenvalue weighted by Crippen LogP contribution is 2.31. The normalized spacial score (nSPS) is 10.9. The van der Waals surface area contributed by atoms with Crippen molar-refractivity contribution in [3.05, 3.63) is 71.8 Å². The van der Waals surface area contributed by atoms with Crippen LogP contribution in [0.2, 0.25) is 0 Å². The van der Waals surface area contributed by atoms with Crippen molar-refractivity contribution in [2.45, 2.75) is 6.54 Å². The molecule has 3 heteroatoms. The molecule has 1 nitrogen and oxygen atoms in total. The van der Waals surface area contributed by atoms with Crippen LogP contribution in [-0.4, -0.2) is 0 Å². The van der Waals surface area contributed by atoms with Crippen LogP contribution in [0.5, 0.6) is 0 Å². The summed E-state index contributed by atoms with van der Waals surface area (Å²) in [4.78, 5) is 0. The minimum Gasteiger partial charge on any atom is -0.326 e. The molecule has 0 atom stereocenters. The third-order valence-corrected chi connectivity index (χ3v) is 3.45. The quantitative estimate of drug-likeness (QED) is 0.739. The fourth-order valence-electron chi connectivity index (χ4n) is 2.41. The van der Waals surface area contributed by atoms with Gasteiger partial charge in [0.1, 0.15) is 11.6 Å². The van der Waals surface area contributed by atoms with Crippen molar-refractivity contribution in [1.82, 2.24) is 0 Å². The van der Waals surface area contributed by atoms with E-state index in [0.29, 0.717) is 10.9 Å². The van der Waals surface area contributed by atoms with Gasteiger partial charge in [-0.25, -0.2) is 8.78 Å². The Bertz CT molecular complexity index is 781. The molecule has 0 spiro atoms. The Morgan fingerprint density at radius 2 is 1.50 bits per heavy atom. The number of rotatable bonds is 2. The van der Waals surface area contributed by atoms with Crippen LogP contribution in [0.1, 0.15) is 5.56 Å². The molecule has 0 aromatic heterocycles. The zero-order valence-corrected chi connectivity index (χ0v) is 10.7. The van der Waals surface area contributed by atoms with Crippen molar-refractivity contribution in [2.75, 3.05) is 0 Å². The molecule has 0 bridgehead atoms. The van der Waals surface area contributed by atoms with E-state index in [9.17, 15) is 8.78 Å². The third kappa shape index (κ3) is 2.06. The molecular formula is C17H13F2N. The molecule has 100 valence electrons. The van der Waals surface area contributed by atoms with E-state index in [4.69, 9.17) is 5.73 Å². The van der Waals surface area contributed by atoms with Crippen molar-refractivity contribution in [2.24, 2.45) is 5.73 Å². The lowest BCUT2D eigenvalue weighted by Gasteiger charge is -2.09. The van der Waals surface area contributed by atoms with Gasteiger partial charge in [-0.3, -0.25) is 0 Å². The van der Waals surface area contributed by atoms with Crippen LogP contribution in [0.25, 0.3) is 21.9 Å². The summed E-state index contributed by atoms with van der Waals surface area (Å²) in [6, 6.07) is 15.2. The fourth-order valence-corrected chi connectivity index (χ4v) is 2.41. The SMILES string of the molecule is NCc1cc(-c2ccc(F)c3ccccc23)ccc1F. The highest BCUT2D eigenvalue weighted by atomic mass is 19.1. The van der Waals surface area contributed by atoms with Crippen molar-refractivity contribution >= 4 is 10.8 Å². The van der Waals surface area contributed by atoms with Crippen LogP contribution in [0.4, 0.5) is 8.78 Å². The van der Waals surface area contributed by atoms with Crippen LogP contribution in [0, 0.1) is 11.6 Å². The van der Waals surface area contributed by atoms with E-state index < -0.39 is 0 Å². The molecule has 0 aliphatic rings. The standard InChI is InChI=1S/C17H13F2N/c18-16-7-5-11(9-12(16)10-20)13-6-8-17(19)15-4-2-1-3-14(13)15/h1-9H,10,20H2. The molecule has 0 saturated heterocycles. The highest BCUT2D eigenvalue weighted by Gasteiger charge is 2.09. The van der Waals surface area contributed by atoms with Gasteiger partial charge in [0.05, 0.1) is 0 Å². The molecule has 0 saturated carbocycles. The molecule has 0 fully saturated rings. The minimum absolute atomic E-state index is 0.138. The summed E-state index contributed by atoms with van der Waals surface area (Å²) in [6.07, 6.45) is 0. The van der Waals surface area contributed by atoms with E-state index in [2.05, 4.69) is 0 Å². The van der Waals surface area contributed by atoms with E-state index in [1.807, 2.05) is 12.1 Å². The molecule has 20 heavy (non-hydrogen) atoms. The molecule has 3 rings (SSSR count). The molecule has 2 N–H and O–H groups in total. The number of benzene rings is 3. The summed E-state index contributed by atoms with van der Waals surface area (Å²) in [5.74, 6) is -0.576. The molecule has 0 radical (unpaired) electrons. The second-order valence-corrected chi connectivity index (χ2v) is 4.65. The van der Waals surface area contributed by atoms with E-state index >= 15 is 0 Å². The number of fused-ring (bicyclic) bond motifs is 1. The second-order valence-electron chi connectivity index (χ2n) is 4.65. The average Bonchev–Trinajstić information content (AvgIpc) is 2.49. The number of nitrogens with two attached hydrogens (primary N) is 1. The van der Waals surface area contributed by atoms with E-state index in [-0.39, 0.29) is 18.2 Å². The molecule has 0 unspecified atom stereocenters. The first-order valence-corrected chi connectivity index (χ1v) is 6.37. The number of hydrogen-bond acceptors (Lipinski definition) is 1. The first kappa shape index (κ1) is 12.8. The zero-order chi connectivity index (χ0) is 14.1. The summed E-state index contributed by atoms with van der Waals surface area (Å²) in [7, 11) is 0. The third-order valence-electron chi connectivity index (χ3n) is 3.45. The topological polar surface area (TPSA) is 26.0 Å². The summed E-state index contributed by atoms with van der Waals surface area (Å²) < 4.78 is 27.3. The van der Waals surface area contributed by atoms with Gasteiger partial charge in [0, 0.05) is 17.5 Å². The molecule has 3 aromatic rings. The molecule has 0 heterocycles. The van der Waals surface area contributed by atoms with E-state index in [0.717, 1.165) is 16.5 Å². The fraction of sp³-hybridized carbons (Fsp3) is 0.0588. The second kappa shape index (κ2) is 5.02. The Hall–Kier alpha value is -2.26. The van der Waals surface area contributed by atoms with E-state index in [1.54, 1.807) is 30.3 Å². The lowest BCUT2D eigenvalue weighted by atomic mass is 9.96. The van der Waals surface area contributed by atoms with Crippen molar-refractivity contribution in [3.8, 4) is 11.1 Å². The van der Waals surface area contributed by atoms with Gasteiger partial charge in [-0.05, 0) is 34.7 Å². The predicted molar refractivity (Wildman–Crippen MR) is 77.2 cm³/mol. The summed E-state index contributed by atoms with van der Waals surface area (Å²) in [5, 5.41) is 1.37. The molecule has 3 aromatic carbocycles. The van der Waals surface area contributed by atoms with Gasteiger partial charge in [-0.1, -0.05) is 36.4 Å². The summed E-state index contributed by atoms with van der Waals surface area (Å²) in [5.41, 5.74) is 7.70. The summed E-state index contributed by atoms with van der Waals surface area (Å²) in [6.45, 7) is 0.138. The lowest BCUT2D eigenvalue weighted by molar-refractivity contribution is 0.611. The molecular weight excluding hydrogens is 256 g/mol. The van der Waals surface area contributed by atoms with Gasteiger partial charge in [-0.15, -0.1) is 0 Å². The van der Waals surface area contributed by atoms with Crippen LogP contribution in [0.15, 0.2) is 54.6 Å². The Kier molecular flexibility index (Phi) is 3.20. The first-order chi connectivity index (χ1) is 9.70. The lowest BCUT2D eigenvalue weighted by Crippen LogP contribution is -2.00. The first-order valence-electron chi connectivity index (χ1n) is 6.37. The zero-order valence-electron chi connectivity index (χ0n) is 10.7. The van der Waals surface area contributed by atoms with Gasteiger partial charge < -0.3 is 5.73 Å². The van der Waals surface area contributed by atoms with Gasteiger partial charge in [0.25, 0.3) is 0 Å². The van der Waals surface area contributed by atoms with Crippen molar-refractivity contribution in [1.29, 1.82) is 0 Å². The average molecular weight is 269 g/mol. The van der Waals surface area contributed by atoms with Crippen LogP contribution < -0.4 is 5.73 Å². The van der Waals surface area contributed by atoms with Crippen LogP contribution >= 0.6 is 0 Å². The maximum absolute atomic E-state index is 13.8. The van der Waals surface area contributed by atoms with Gasteiger partial charge in [0.15, 0.2) is 0 Å². The number of halogens is 2. The Labute approximate surface area is 115 Å². The molecule has 0 amide bonds. The Morgan fingerprint density at radius 1 is 0.800 bits per heavy atom. The number of hydrogen-bond donors (Lipinski definition) is 1. The predicted octanol–water partition coefficient (Wildman–Crippen LogP) is 4.24. The van der Waals surface area contributed by atoms with Crippen molar-refractivity contribution < 1.29 is 8.78 Å². The van der Waals surface area contributed by atoms with Gasteiger partial charge >= 0.3 is 0 Å². The maximum atomic E-state index is 13.8. The monoisotopic (exact) mass is 269 g/mol. The van der Waals surface area contributed by atoms with Gasteiger partial charge in [0.2, 0.25) is 0 Å². The Morgan fingerprint density at radius 3 is 2.25 bits per heavy atom. The highest BCUT2D eigenvalue weighted by molar-refractivity contribution is 5.97. The largest absolute Gasteiger partial charge is 0.326 e. The molecule has 0 aliphatic carbocycles.